The van der Waals surface area contributed by atoms with Gasteiger partial charge in [0.25, 0.3) is 0 Å². The molecule has 2 amide bonds. The van der Waals surface area contributed by atoms with Crippen LogP contribution in [0.1, 0.15) is 55.5 Å². The van der Waals surface area contributed by atoms with Crippen LogP contribution in [0.5, 0.6) is 0 Å². The zero-order valence-electron chi connectivity index (χ0n) is 18.5. The van der Waals surface area contributed by atoms with Crippen molar-refractivity contribution in [2.75, 3.05) is 11.9 Å². The number of esters is 1. The summed E-state index contributed by atoms with van der Waals surface area (Å²) in [5.41, 5.74) is 2.99. The largest absolute Gasteiger partial charge is 0.456 e. The molecule has 162 valence electrons. The highest BCUT2D eigenvalue weighted by Crippen LogP contribution is 2.20. The summed E-state index contributed by atoms with van der Waals surface area (Å²) in [7, 11) is 0. The van der Waals surface area contributed by atoms with Gasteiger partial charge in [0, 0.05) is 28.7 Å². The first-order valence-corrected chi connectivity index (χ1v) is 10.1. The Hall–Kier alpha value is -3.09. The second-order valence-corrected chi connectivity index (χ2v) is 7.97. The van der Waals surface area contributed by atoms with Crippen molar-refractivity contribution in [1.82, 2.24) is 9.88 Å². The number of nitrogens with zero attached hydrogens (tertiary/aromatic N) is 1. The number of aromatic nitrogens is 1. The maximum absolute atomic E-state index is 12.6. The van der Waals surface area contributed by atoms with Crippen LogP contribution < -0.4 is 10.6 Å². The molecule has 0 saturated heterocycles. The molecular weight excluding hydrogens is 382 g/mol. The molecule has 1 aromatic heterocycles. The number of benzene rings is 1. The summed E-state index contributed by atoms with van der Waals surface area (Å²) < 4.78 is 7.33. The van der Waals surface area contributed by atoms with Crippen molar-refractivity contribution >= 4 is 23.5 Å². The van der Waals surface area contributed by atoms with Gasteiger partial charge in [0.05, 0.1) is 0 Å². The molecule has 0 aliphatic heterocycles. The van der Waals surface area contributed by atoms with E-state index in [0.29, 0.717) is 11.3 Å². The van der Waals surface area contributed by atoms with E-state index in [-0.39, 0.29) is 24.3 Å². The molecule has 0 radical (unpaired) electrons. The fraction of sp³-hybridized carbons (Fsp3) is 0.435. The van der Waals surface area contributed by atoms with E-state index in [0.717, 1.165) is 11.4 Å². The van der Waals surface area contributed by atoms with Crippen LogP contribution in [-0.4, -0.2) is 35.0 Å². The van der Waals surface area contributed by atoms with Crippen molar-refractivity contribution in [2.45, 2.75) is 53.6 Å². The van der Waals surface area contributed by atoms with E-state index >= 15 is 0 Å². The van der Waals surface area contributed by atoms with Gasteiger partial charge in [-0.15, -0.1) is 0 Å². The number of hydrogen-bond donors (Lipinski definition) is 2. The van der Waals surface area contributed by atoms with Crippen LogP contribution in [0.25, 0.3) is 0 Å². The van der Waals surface area contributed by atoms with Crippen LogP contribution in [0, 0.1) is 19.8 Å². The number of anilines is 1. The first-order chi connectivity index (χ1) is 14.1. The summed E-state index contributed by atoms with van der Waals surface area (Å²) in [6, 6.07) is 9.59. The Labute approximate surface area is 177 Å². The van der Waals surface area contributed by atoms with E-state index in [9.17, 15) is 14.4 Å². The Bertz CT molecular complexity index is 901. The summed E-state index contributed by atoms with van der Waals surface area (Å²) in [6.07, 6.45) is 0. The van der Waals surface area contributed by atoms with E-state index in [1.807, 2.05) is 39.8 Å². The molecule has 0 saturated carbocycles. The first kappa shape index (κ1) is 23.2. The molecule has 2 aromatic rings. The van der Waals surface area contributed by atoms with Gasteiger partial charge >= 0.3 is 12.0 Å². The Kier molecular flexibility index (Phi) is 7.80. The van der Waals surface area contributed by atoms with Gasteiger partial charge < -0.3 is 19.9 Å². The van der Waals surface area contributed by atoms with Gasteiger partial charge in [-0.25, -0.2) is 9.59 Å². The number of urea groups is 1. The number of carbonyl (C=O) groups is 3. The van der Waals surface area contributed by atoms with Gasteiger partial charge in [0.2, 0.25) is 5.78 Å². The third-order valence-corrected chi connectivity index (χ3v) is 4.89. The number of carbonyl (C=O) groups excluding carboxylic acids is 3. The van der Waals surface area contributed by atoms with Gasteiger partial charge in [0.15, 0.2) is 6.61 Å². The molecule has 7 nitrogen and oxygen atoms in total. The number of nitrogens with one attached hydrogen (secondary N) is 2. The molecule has 0 bridgehead atoms. The lowest BCUT2D eigenvalue weighted by Gasteiger charge is -2.21. The molecule has 0 aliphatic rings. The van der Waals surface area contributed by atoms with Crippen LogP contribution in [0.3, 0.4) is 0 Å². The normalized spacial score (nSPS) is 12.0. The predicted octanol–water partition coefficient (Wildman–Crippen LogP) is 4.26. The zero-order valence-corrected chi connectivity index (χ0v) is 18.5. The highest BCUT2D eigenvalue weighted by molar-refractivity contribution is 6.00. The lowest BCUT2D eigenvalue weighted by atomic mass is 10.1. The minimum atomic E-state index is -0.871. The average Bonchev–Trinajstić information content (AvgIpc) is 2.98. The third-order valence-electron chi connectivity index (χ3n) is 4.89. The standard InChI is InChI=1S/C23H31N3O4/c1-14(2)21(25-23(29)24-18-10-8-7-9-11-18)22(28)30-13-20(27)19-12-16(5)26(15(3)4)17(19)6/h7-12,14-15,21H,13H2,1-6H3,(H2,24,25,29)/t21-/m1/s1. The number of hydrogen-bond acceptors (Lipinski definition) is 4. The number of para-hydroxylation sites is 1. The monoisotopic (exact) mass is 413 g/mol. The summed E-state index contributed by atoms with van der Waals surface area (Å²) in [5.74, 6) is -1.11. The van der Waals surface area contributed by atoms with E-state index in [4.69, 9.17) is 4.74 Å². The average molecular weight is 414 g/mol. The molecule has 2 rings (SSSR count). The minimum Gasteiger partial charge on any atom is -0.456 e. The molecule has 2 N–H and O–H groups in total. The topological polar surface area (TPSA) is 89.4 Å². The Morgan fingerprint density at radius 2 is 1.67 bits per heavy atom. The molecule has 30 heavy (non-hydrogen) atoms. The van der Waals surface area contributed by atoms with Crippen LogP contribution in [0.15, 0.2) is 36.4 Å². The summed E-state index contributed by atoms with van der Waals surface area (Å²) in [4.78, 5) is 37.4. The Morgan fingerprint density at radius 3 is 2.20 bits per heavy atom. The highest BCUT2D eigenvalue weighted by Gasteiger charge is 2.27. The lowest BCUT2D eigenvalue weighted by molar-refractivity contribution is -0.145. The molecule has 1 heterocycles. The van der Waals surface area contributed by atoms with Crippen molar-refractivity contribution in [3.05, 3.63) is 53.3 Å². The van der Waals surface area contributed by atoms with Gasteiger partial charge in [-0.1, -0.05) is 32.0 Å². The molecule has 7 heteroatoms. The predicted molar refractivity (Wildman–Crippen MR) is 117 cm³/mol. The quantitative estimate of drug-likeness (QED) is 0.500. The zero-order chi connectivity index (χ0) is 22.4. The molecule has 0 unspecified atom stereocenters. The number of rotatable bonds is 8. The molecule has 1 aromatic carbocycles. The maximum Gasteiger partial charge on any atom is 0.329 e. The van der Waals surface area contributed by atoms with E-state index in [1.165, 1.54) is 0 Å². The van der Waals surface area contributed by atoms with Crippen LogP contribution in [0.4, 0.5) is 10.5 Å². The lowest BCUT2D eigenvalue weighted by Crippen LogP contribution is -2.47. The second-order valence-electron chi connectivity index (χ2n) is 7.97. The van der Waals surface area contributed by atoms with Crippen molar-refractivity contribution in [3.63, 3.8) is 0 Å². The van der Waals surface area contributed by atoms with Crippen molar-refractivity contribution in [2.24, 2.45) is 5.92 Å². The van der Waals surface area contributed by atoms with E-state index in [1.54, 1.807) is 38.1 Å². The van der Waals surface area contributed by atoms with Crippen molar-refractivity contribution in [3.8, 4) is 0 Å². The number of ether oxygens (including phenoxy) is 1. The van der Waals surface area contributed by atoms with Gasteiger partial charge in [-0.2, -0.15) is 0 Å². The summed E-state index contributed by atoms with van der Waals surface area (Å²) in [5, 5.41) is 5.30. The van der Waals surface area contributed by atoms with Crippen LogP contribution >= 0.6 is 0 Å². The van der Waals surface area contributed by atoms with E-state index < -0.39 is 18.0 Å². The molecule has 0 fully saturated rings. The fourth-order valence-electron chi connectivity index (χ4n) is 3.49. The SMILES string of the molecule is Cc1cc(C(=O)COC(=O)[C@H](NC(=O)Nc2ccccc2)C(C)C)c(C)n1C(C)C. The second kappa shape index (κ2) is 10.1. The van der Waals surface area contributed by atoms with Crippen molar-refractivity contribution < 1.29 is 19.1 Å². The van der Waals surface area contributed by atoms with E-state index in [2.05, 4.69) is 15.2 Å². The maximum atomic E-state index is 12.6. The van der Waals surface area contributed by atoms with Crippen LogP contribution in [-0.2, 0) is 9.53 Å². The minimum absolute atomic E-state index is 0.208. The molecule has 0 aliphatic carbocycles. The van der Waals surface area contributed by atoms with Crippen molar-refractivity contribution in [1.29, 1.82) is 0 Å². The van der Waals surface area contributed by atoms with Gasteiger partial charge in [-0.3, -0.25) is 4.79 Å². The summed E-state index contributed by atoms with van der Waals surface area (Å²) in [6.45, 7) is 11.2. The number of Topliss-reactive ketones (excluding diaryl/α,β-unsaturated/α-hetero) is 1. The third kappa shape index (κ3) is 5.72. The molecule has 0 spiro atoms. The smallest absolute Gasteiger partial charge is 0.329 e. The fourth-order valence-corrected chi connectivity index (χ4v) is 3.49. The number of ketones is 1. The summed E-state index contributed by atoms with van der Waals surface area (Å²) >= 11 is 0. The number of amides is 2. The highest BCUT2D eigenvalue weighted by atomic mass is 16.5. The number of aryl methyl sites for hydroxylation is 1. The Morgan fingerprint density at radius 1 is 1.03 bits per heavy atom. The molecule has 1 atom stereocenters. The van der Waals surface area contributed by atoms with Gasteiger partial charge in [-0.05, 0) is 51.8 Å². The molecular formula is C23H31N3O4. The first-order valence-electron chi connectivity index (χ1n) is 10.1. The van der Waals surface area contributed by atoms with Crippen LogP contribution in [0.2, 0.25) is 0 Å². The Balaban J connectivity index is 1.99. The van der Waals surface area contributed by atoms with Gasteiger partial charge in [0.1, 0.15) is 6.04 Å².